The first-order chi connectivity index (χ1) is 19.4. The Morgan fingerprint density at radius 3 is 2.08 bits per heavy atom. The summed E-state index contributed by atoms with van der Waals surface area (Å²) < 4.78 is 21.5. The number of amides is 1. The second-order valence-corrected chi connectivity index (χ2v) is 9.33. The van der Waals surface area contributed by atoms with E-state index in [4.69, 9.17) is 18.9 Å². The van der Waals surface area contributed by atoms with E-state index in [-0.39, 0.29) is 26.1 Å². The quantitative estimate of drug-likeness (QED) is 0.341. The van der Waals surface area contributed by atoms with Gasteiger partial charge in [-0.25, -0.2) is 9.59 Å². The lowest BCUT2D eigenvalue weighted by Gasteiger charge is -2.21. The molecule has 0 aliphatic carbocycles. The molecular formula is C31H31NO8. The van der Waals surface area contributed by atoms with Gasteiger partial charge in [-0.05, 0) is 29.7 Å². The monoisotopic (exact) mass is 545 g/mol. The Labute approximate surface area is 232 Å². The van der Waals surface area contributed by atoms with Crippen molar-refractivity contribution >= 4 is 23.6 Å². The molecule has 3 aromatic rings. The summed E-state index contributed by atoms with van der Waals surface area (Å²) in [5.41, 5.74) is 1.97. The highest BCUT2D eigenvalue weighted by molar-refractivity contribution is 5.95. The zero-order chi connectivity index (χ0) is 28.3. The van der Waals surface area contributed by atoms with Gasteiger partial charge in [-0.3, -0.25) is 9.59 Å². The van der Waals surface area contributed by atoms with Crippen LogP contribution in [0.3, 0.4) is 0 Å². The van der Waals surface area contributed by atoms with Gasteiger partial charge in [-0.1, -0.05) is 78.9 Å². The molecule has 1 amide bonds. The summed E-state index contributed by atoms with van der Waals surface area (Å²) in [5, 5.41) is 2.66. The van der Waals surface area contributed by atoms with Gasteiger partial charge in [0.1, 0.15) is 19.3 Å². The largest absolute Gasteiger partial charge is 0.459 e. The van der Waals surface area contributed by atoms with E-state index in [0.29, 0.717) is 5.56 Å². The third kappa shape index (κ3) is 7.84. The summed E-state index contributed by atoms with van der Waals surface area (Å²) in [5.74, 6) is -2.32. The number of ketones is 2. The molecule has 9 heteroatoms. The van der Waals surface area contributed by atoms with Crippen LogP contribution in [0.4, 0.5) is 4.79 Å². The lowest BCUT2D eigenvalue weighted by Crippen LogP contribution is -2.44. The van der Waals surface area contributed by atoms with E-state index < -0.39 is 48.0 Å². The van der Waals surface area contributed by atoms with E-state index in [1.165, 1.54) is 7.11 Å². The Hall–Kier alpha value is -4.34. The van der Waals surface area contributed by atoms with Gasteiger partial charge in [-0.15, -0.1) is 0 Å². The van der Waals surface area contributed by atoms with Crippen LogP contribution in [0.25, 0.3) is 0 Å². The topological polar surface area (TPSA) is 117 Å². The second kappa shape index (κ2) is 14.2. The Morgan fingerprint density at radius 2 is 1.45 bits per heavy atom. The van der Waals surface area contributed by atoms with Gasteiger partial charge < -0.3 is 24.3 Å². The van der Waals surface area contributed by atoms with Crippen molar-refractivity contribution in [3.8, 4) is 0 Å². The average Bonchev–Trinajstić information content (AvgIpc) is 3.29. The molecule has 0 saturated carbocycles. The Morgan fingerprint density at radius 1 is 0.850 bits per heavy atom. The molecule has 208 valence electrons. The highest BCUT2D eigenvalue weighted by Crippen LogP contribution is 2.28. The Bertz CT molecular complexity index is 1280. The maximum atomic E-state index is 13.5. The predicted molar refractivity (Wildman–Crippen MR) is 144 cm³/mol. The number of esters is 1. The molecule has 1 aliphatic heterocycles. The molecule has 0 aromatic heterocycles. The van der Waals surface area contributed by atoms with Crippen LogP contribution in [0, 0.1) is 5.92 Å². The summed E-state index contributed by atoms with van der Waals surface area (Å²) in [6.07, 6.45) is -2.88. The van der Waals surface area contributed by atoms with Crippen LogP contribution in [0.15, 0.2) is 91.0 Å². The number of Topliss-reactive ketones (excluding diaryl/α,β-unsaturated/α-hetero) is 2. The zero-order valence-corrected chi connectivity index (χ0v) is 22.1. The zero-order valence-electron chi connectivity index (χ0n) is 22.1. The second-order valence-electron chi connectivity index (χ2n) is 9.33. The SMILES string of the molecule is CO[C@@H]1O[C@H](COC(=O)c2ccccc2)[C@H](CC(=O)[C@H](Cc2ccccc2)NC(=O)OCc2ccccc2)C1=O. The van der Waals surface area contributed by atoms with Gasteiger partial charge in [0.2, 0.25) is 6.29 Å². The number of ether oxygens (including phenoxy) is 4. The van der Waals surface area contributed by atoms with Gasteiger partial charge in [-0.2, -0.15) is 0 Å². The van der Waals surface area contributed by atoms with Gasteiger partial charge in [0.05, 0.1) is 17.5 Å². The number of benzene rings is 3. The number of rotatable bonds is 12. The minimum Gasteiger partial charge on any atom is -0.459 e. The van der Waals surface area contributed by atoms with Crippen LogP contribution in [0.2, 0.25) is 0 Å². The molecule has 0 bridgehead atoms. The molecule has 1 N–H and O–H groups in total. The molecule has 1 aliphatic rings. The van der Waals surface area contributed by atoms with Crippen molar-refractivity contribution in [3.05, 3.63) is 108 Å². The molecular weight excluding hydrogens is 514 g/mol. The minimum atomic E-state index is -1.19. The van der Waals surface area contributed by atoms with Gasteiger partial charge in [0.15, 0.2) is 11.6 Å². The van der Waals surface area contributed by atoms with Crippen LogP contribution in [0.1, 0.15) is 27.9 Å². The first-order valence-electron chi connectivity index (χ1n) is 12.9. The lowest BCUT2D eigenvalue weighted by molar-refractivity contribution is -0.152. The third-order valence-corrected chi connectivity index (χ3v) is 6.54. The van der Waals surface area contributed by atoms with Crippen molar-refractivity contribution in [2.45, 2.75) is 37.9 Å². The molecule has 1 fully saturated rings. The van der Waals surface area contributed by atoms with Crippen molar-refractivity contribution < 1.29 is 38.1 Å². The van der Waals surface area contributed by atoms with Crippen LogP contribution in [-0.4, -0.2) is 55.8 Å². The molecule has 4 atom stereocenters. The van der Waals surface area contributed by atoms with Crippen LogP contribution in [-0.2, 0) is 41.6 Å². The minimum absolute atomic E-state index is 0.0399. The number of carbonyl (C=O) groups is 4. The fourth-order valence-electron chi connectivity index (χ4n) is 4.41. The summed E-state index contributed by atoms with van der Waals surface area (Å²) >= 11 is 0. The number of hydrogen-bond donors (Lipinski definition) is 1. The molecule has 0 spiro atoms. The molecule has 3 aromatic carbocycles. The molecule has 1 saturated heterocycles. The van der Waals surface area contributed by atoms with Crippen molar-refractivity contribution in [1.29, 1.82) is 0 Å². The molecule has 0 unspecified atom stereocenters. The van der Waals surface area contributed by atoms with Gasteiger partial charge in [0.25, 0.3) is 0 Å². The normalized spacial score (nSPS) is 19.0. The number of nitrogens with one attached hydrogen (secondary N) is 1. The number of hydrogen-bond acceptors (Lipinski definition) is 8. The maximum absolute atomic E-state index is 13.5. The Balaban J connectivity index is 1.43. The van der Waals surface area contributed by atoms with E-state index in [1.807, 2.05) is 60.7 Å². The Kier molecular flexibility index (Phi) is 10.1. The molecule has 4 rings (SSSR count). The number of alkyl carbamates (subject to hydrolysis) is 1. The van der Waals surface area contributed by atoms with E-state index in [0.717, 1.165) is 11.1 Å². The third-order valence-electron chi connectivity index (χ3n) is 6.54. The first kappa shape index (κ1) is 28.7. The molecule has 1 heterocycles. The van der Waals surface area contributed by atoms with Crippen molar-refractivity contribution in [3.63, 3.8) is 0 Å². The van der Waals surface area contributed by atoms with Crippen LogP contribution in [0.5, 0.6) is 0 Å². The smallest absolute Gasteiger partial charge is 0.408 e. The highest BCUT2D eigenvalue weighted by atomic mass is 16.7. The fourth-order valence-corrected chi connectivity index (χ4v) is 4.41. The molecule has 9 nitrogen and oxygen atoms in total. The summed E-state index contributed by atoms with van der Waals surface area (Å²) in [4.78, 5) is 51.6. The highest BCUT2D eigenvalue weighted by Gasteiger charge is 2.46. The fraction of sp³-hybridized carbons (Fsp3) is 0.290. The van der Waals surface area contributed by atoms with Gasteiger partial charge in [0, 0.05) is 13.5 Å². The maximum Gasteiger partial charge on any atom is 0.408 e. The van der Waals surface area contributed by atoms with Crippen molar-refractivity contribution in [2.75, 3.05) is 13.7 Å². The van der Waals surface area contributed by atoms with E-state index in [2.05, 4.69) is 5.32 Å². The number of methoxy groups -OCH3 is 1. The van der Waals surface area contributed by atoms with E-state index >= 15 is 0 Å². The lowest BCUT2D eigenvalue weighted by atomic mass is 9.90. The van der Waals surface area contributed by atoms with E-state index in [1.54, 1.807) is 30.3 Å². The predicted octanol–water partition coefficient (Wildman–Crippen LogP) is 3.90. The molecule has 40 heavy (non-hydrogen) atoms. The van der Waals surface area contributed by atoms with Crippen molar-refractivity contribution in [2.24, 2.45) is 5.92 Å². The van der Waals surface area contributed by atoms with Crippen LogP contribution >= 0.6 is 0 Å². The summed E-state index contributed by atoms with van der Waals surface area (Å²) in [6.45, 7) is -0.203. The summed E-state index contributed by atoms with van der Waals surface area (Å²) in [6, 6.07) is 25.8. The first-order valence-corrected chi connectivity index (χ1v) is 12.9. The standard InChI is InChI=1S/C31H31NO8/c1-37-30-28(34)24(27(40-30)20-38-29(35)23-15-9-4-10-16-23)18-26(33)25(17-21-11-5-2-6-12-21)32-31(36)39-19-22-13-7-3-8-14-22/h2-16,24-25,27,30H,17-20H2,1H3,(H,32,36)/t24-,25-,27+,30+/m0/s1. The van der Waals surface area contributed by atoms with Crippen molar-refractivity contribution in [1.82, 2.24) is 5.32 Å². The van der Waals surface area contributed by atoms with Crippen LogP contribution < -0.4 is 5.32 Å². The summed E-state index contributed by atoms with van der Waals surface area (Å²) in [7, 11) is 1.32. The van der Waals surface area contributed by atoms with Gasteiger partial charge >= 0.3 is 12.1 Å². The van der Waals surface area contributed by atoms with E-state index in [9.17, 15) is 19.2 Å². The molecule has 0 radical (unpaired) electrons. The average molecular weight is 546 g/mol. The number of carbonyl (C=O) groups excluding carboxylic acids is 4.